The first kappa shape index (κ1) is 18.1. The summed E-state index contributed by atoms with van der Waals surface area (Å²) in [6.07, 6.45) is 1.56. The van der Waals surface area contributed by atoms with Crippen LogP contribution in [0.4, 0.5) is 0 Å². The first-order valence-electron chi connectivity index (χ1n) is 8.53. The Morgan fingerprint density at radius 3 is 2.65 bits per heavy atom. The van der Waals surface area contributed by atoms with Crippen molar-refractivity contribution in [1.29, 1.82) is 0 Å². The summed E-state index contributed by atoms with van der Waals surface area (Å²) in [6.45, 7) is 5.45. The quantitative estimate of drug-likeness (QED) is 0.738. The van der Waals surface area contributed by atoms with Crippen LogP contribution in [0.15, 0.2) is 15.8 Å². The highest BCUT2D eigenvalue weighted by Gasteiger charge is 2.22. The molecule has 1 amide bonds. The fourth-order valence-electron chi connectivity index (χ4n) is 3.04. The highest BCUT2D eigenvalue weighted by atomic mass is 16.5. The van der Waals surface area contributed by atoms with E-state index >= 15 is 0 Å². The van der Waals surface area contributed by atoms with Crippen molar-refractivity contribution in [3.63, 3.8) is 0 Å². The zero-order valence-electron chi connectivity index (χ0n) is 15.2. The average molecular weight is 362 g/mol. The summed E-state index contributed by atoms with van der Waals surface area (Å²) >= 11 is 0. The number of hydrogen-bond acceptors (Lipinski definition) is 6. The van der Waals surface area contributed by atoms with Gasteiger partial charge in [0.15, 0.2) is 5.65 Å². The van der Waals surface area contributed by atoms with Crippen molar-refractivity contribution in [1.82, 2.24) is 19.0 Å². The number of morpholine rings is 1. The molecule has 1 aliphatic heterocycles. The van der Waals surface area contributed by atoms with Crippen molar-refractivity contribution in [3.05, 3.63) is 32.6 Å². The van der Waals surface area contributed by atoms with Crippen LogP contribution in [0.1, 0.15) is 12.5 Å². The summed E-state index contributed by atoms with van der Waals surface area (Å²) in [5.41, 5.74) is -0.211. The molecular weight excluding hydrogens is 340 g/mol. The summed E-state index contributed by atoms with van der Waals surface area (Å²) in [7, 11) is 1.53. The average Bonchev–Trinajstić information content (AvgIpc) is 2.65. The van der Waals surface area contributed by atoms with Crippen molar-refractivity contribution >= 4 is 16.9 Å². The van der Waals surface area contributed by atoms with Gasteiger partial charge >= 0.3 is 5.69 Å². The topological polar surface area (TPSA) is 95.7 Å². The van der Waals surface area contributed by atoms with Gasteiger partial charge in [0.2, 0.25) is 5.91 Å². The van der Waals surface area contributed by atoms with E-state index < -0.39 is 11.2 Å². The molecule has 0 spiro atoms. The molecular formula is C17H22N4O5. The maximum Gasteiger partial charge on any atom is 0.332 e. The van der Waals surface area contributed by atoms with E-state index in [2.05, 4.69) is 4.98 Å². The lowest BCUT2D eigenvalue weighted by Crippen LogP contribution is -2.47. The molecule has 0 atom stereocenters. The number of fused-ring (bicyclic) bond motifs is 1. The largest absolute Gasteiger partial charge is 0.493 e. The predicted octanol–water partition coefficient (Wildman–Crippen LogP) is -0.339. The molecule has 9 nitrogen and oxygen atoms in total. The number of rotatable bonds is 4. The van der Waals surface area contributed by atoms with E-state index in [1.165, 1.54) is 11.6 Å². The molecule has 0 aromatic carbocycles. The summed E-state index contributed by atoms with van der Waals surface area (Å²) in [5.74, 6) is 0.107. The summed E-state index contributed by atoms with van der Waals surface area (Å²) < 4.78 is 13.1. The van der Waals surface area contributed by atoms with Crippen LogP contribution in [0.3, 0.4) is 0 Å². The van der Waals surface area contributed by atoms with Gasteiger partial charge in [-0.15, -0.1) is 0 Å². The summed E-state index contributed by atoms with van der Waals surface area (Å²) in [4.78, 5) is 43.9. The Kier molecular flexibility index (Phi) is 5.08. The zero-order valence-corrected chi connectivity index (χ0v) is 15.2. The molecule has 9 heteroatoms. The second-order valence-electron chi connectivity index (χ2n) is 6.13. The van der Waals surface area contributed by atoms with Crippen LogP contribution >= 0.6 is 0 Å². The number of amides is 1. The van der Waals surface area contributed by atoms with E-state index in [0.29, 0.717) is 44.2 Å². The molecule has 0 aliphatic carbocycles. The molecule has 0 radical (unpaired) electrons. The molecule has 140 valence electrons. The van der Waals surface area contributed by atoms with Gasteiger partial charge in [0.1, 0.15) is 17.7 Å². The molecule has 3 rings (SSSR count). The number of carbonyl (C=O) groups excluding carboxylic acids is 1. The van der Waals surface area contributed by atoms with E-state index in [1.54, 1.807) is 18.0 Å². The van der Waals surface area contributed by atoms with E-state index in [9.17, 15) is 14.4 Å². The molecule has 0 unspecified atom stereocenters. The minimum absolute atomic E-state index is 0.212. The zero-order chi connectivity index (χ0) is 18.8. The fraction of sp³-hybridized carbons (Fsp3) is 0.529. The normalized spacial score (nSPS) is 14.7. The molecule has 0 bridgehead atoms. The number of hydrogen-bond donors (Lipinski definition) is 0. The van der Waals surface area contributed by atoms with Gasteiger partial charge in [-0.05, 0) is 13.8 Å². The Bertz CT molecular complexity index is 956. The van der Waals surface area contributed by atoms with Gasteiger partial charge in [-0.1, -0.05) is 0 Å². The third-order valence-corrected chi connectivity index (χ3v) is 4.43. The highest BCUT2D eigenvalue weighted by molar-refractivity contribution is 5.83. The lowest BCUT2D eigenvalue weighted by Gasteiger charge is -2.27. The monoisotopic (exact) mass is 362 g/mol. The number of pyridine rings is 1. The van der Waals surface area contributed by atoms with Crippen LogP contribution in [0.25, 0.3) is 11.0 Å². The van der Waals surface area contributed by atoms with Crippen molar-refractivity contribution < 1.29 is 14.3 Å². The lowest BCUT2D eigenvalue weighted by atomic mass is 10.2. The highest BCUT2D eigenvalue weighted by Crippen LogP contribution is 2.24. The number of carbonyl (C=O) groups is 1. The third kappa shape index (κ3) is 3.10. The van der Waals surface area contributed by atoms with E-state index in [4.69, 9.17) is 9.47 Å². The molecule has 1 fully saturated rings. The molecule has 3 heterocycles. The number of nitrogens with zero attached hydrogens (tertiary/aromatic N) is 4. The van der Waals surface area contributed by atoms with Gasteiger partial charge in [0.25, 0.3) is 5.56 Å². The van der Waals surface area contributed by atoms with Crippen LogP contribution in [0, 0.1) is 6.92 Å². The van der Waals surface area contributed by atoms with Gasteiger partial charge in [-0.3, -0.25) is 14.2 Å². The number of aromatic nitrogens is 3. The Hall–Kier alpha value is -2.68. The van der Waals surface area contributed by atoms with Crippen molar-refractivity contribution in [2.24, 2.45) is 7.05 Å². The Morgan fingerprint density at radius 2 is 2.00 bits per heavy atom. The smallest absolute Gasteiger partial charge is 0.332 e. The third-order valence-electron chi connectivity index (χ3n) is 4.43. The van der Waals surface area contributed by atoms with Gasteiger partial charge in [-0.25, -0.2) is 14.3 Å². The Balaban J connectivity index is 2.13. The van der Waals surface area contributed by atoms with Gasteiger partial charge in [0.05, 0.1) is 19.8 Å². The molecule has 1 aliphatic rings. The van der Waals surface area contributed by atoms with Crippen LogP contribution < -0.4 is 16.0 Å². The maximum atomic E-state index is 13.0. The summed E-state index contributed by atoms with van der Waals surface area (Å²) in [6, 6.07) is 0. The fourth-order valence-corrected chi connectivity index (χ4v) is 3.04. The predicted molar refractivity (Wildman–Crippen MR) is 94.5 cm³/mol. The standard InChI is InChI=1S/C17H22N4O5/c1-4-26-14-11(2)9-18-15-13(14)16(23)21(17(24)19(15)3)10-12(22)20-5-7-25-8-6-20/h9H,4-8,10H2,1-3H3. The molecule has 0 saturated carbocycles. The van der Waals surface area contributed by atoms with Gasteiger partial charge in [0, 0.05) is 31.9 Å². The molecule has 0 N–H and O–H groups in total. The lowest BCUT2D eigenvalue weighted by molar-refractivity contribution is -0.136. The summed E-state index contributed by atoms with van der Waals surface area (Å²) in [5, 5.41) is 0.212. The maximum absolute atomic E-state index is 13.0. The minimum atomic E-state index is -0.581. The van der Waals surface area contributed by atoms with Crippen LogP contribution in [-0.4, -0.2) is 57.8 Å². The van der Waals surface area contributed by atoms with Crippen molar-refractivity contribution in [2.75, 3.05) is 32.9 Å². The number of ether oxygens (including phenoxy) is 2. The SMILES string of the molecule is CCOc1c(C)cnc2c1c(=O)n(CC(=O)N1CCOCC1)c(=O)n2C. The van der Waals surface area contributed by atoms with E-state index in [0.717, 1.165) is 4.57 Å². The van der Waals surface area contributed by atoms with E-state index in [-0.39, 0.29) is 23.5 Å². The van der Waals surface area contributed by atoms with Crippen LogP contribution in [0.2, 0.25) is 0 Å². The molecule has 1 saturated heterocycles. The minimum Gasteiger partial charge on any atom is -0.493 e. The molecule has 26 heavy (non-hydrogen) atoms. The van der Waals surface area contributed by atoms with Crippen molar-refractivity contribution in [3.8, 4) is 5.75 Å². The first-order valence-corrected chi connectivity index (χ1v) is 8.53. The van der Waals surface area contributed by atoms with E-state index in [1.807, 2.05) is 6.92 Å². The molecule has 2 aromatic rings. The number of aryl methyl sites for hydroxylation is 2. The van der Waals surface area contributed by atoms with Crippen LogP contribution in [-0.2, 0) is 23.1 Å². The van der Waals surface area contributed by atoms with Crippen molar-refractivity contribution in [2.45, 2.75) is 20.4 Å². The Labute approximate surface area is 149 Å². The molecule has 2 aromatic heterocycles. The van der Waals surface area contributed by atoms with Crippen LogP contribution in [0.5, 0.6) is 5.75 Å². The van der Waals surface area contributed by atoms with Gasteiger partial charge in [-0.2, -0.15) is 0 Å². The second-order valence-corrected chi connectivity index (χ2v) is 6.13. The second kappa shape index (κ2) is 7.28. The van der Waals surface area contributed by atoms with Gasteiger partial charge < -0.3 is 14.4 Å². The Morgan fingerprint density at radius 1 is 1.31 bits per heavy atom. The first-order chi connectivity index (χ1) is 12.5.